The number of morpholine rings is 1. The summed E-state index contributed by atoms with van der Waals surface area (Å²) in [6.45, 7) is 2.00. The van der Waals surface area contributed by atoms with E-state index < -0.39 is 5.91 Å². The van der Waals surface area contributed by atoms with Gasteiger partial charge in [0.05, 0.1) is 20.3 Å². The van der Waals surface area contributed by atoms with Crippen LogP contribution in [0.25, 0.3) is 16.8 Å². The van der Waals surface area contributed by atoms with Gasteiger partial charge in [-0.25, -0.2) is 0 Å². The molecule has 1 aliphatic rings. The molecule has 1 aliphatic heterocycles. The van der Waals surface area contributed by atoms with Crippen LogP contribution in [0, 0.1) is 11.3 Å². The van der Waals surface area contributed by atoms with Crippen molar-refractivity contribution in [3.05, 3.63) is 71.8 Å². The summed E-state index contributed by atoms with van der Waals surface area (Å²) < 4.78 is 16.3. The number of nitriles is 1. The highest BCUT2D eigenvalue weighted by Crippen LogP contribution is 2.29. The van der Waals surface area contributed by atoms with Gasteiger partial charge in [-0.05, 0) is 35.2 Å². The van der Waals surface area contributed by atoms with Gasteiger partial charge in [-0.3, -0.25) is 9.59 Å². The number of amides is 2. The molecule has 0 aliphatic carbocycles. The Morgan fingerprint density at radius 3 is 2.63 bits per heavy atom. The van der Waals surface area contributed by atoms with Crippen LogP contribution >= 0.6 is 0 Å². The van der Waals surface area contributed by atoms with Gasteiger partial charge < -0.3 is 24.4 Å². The molecule has 3 aromatic rings. The van der Waals surface area contributed by atoms with Crippen LogP contribution in [0.2, 0.25) is 0 Å². The topological polar surface area (TPSA) is 101 Å². The normalized spacial score (nSPS) is 13.7. The molecule has 0 unspecified atom stereocenters. The van der Waals surface area contributed by atoms with E-state index in [0.717, 1.165) is 10.8 Å². The van der Waals surface area contributed by atoms with Crippen LogP contribution in [0.3, 0.4) is 0 Å². The van der Waals surface area contributed by atoms with Gasteiger partial charge in [0.25, 0.3) is 11.8 Å². The van der Waals surface area contributed by atoms with E-state index in [1.165, 1.54) is 13.2 Å². The molecule has 4 rings (SSSR count). The lowest BCUT2D eigenvalue weighted by molar-refractivity contribution is -0.137. The van der Waals surface area contributed by atoms with Crippen molar-refractivity contribution in [1.82, 2.24) is 4.90 Å². The molecule has 0 aromatic heterocycles. The molecule has 3 aromatic carbocycles. The van der Waals surface area contributed by atoms with Crippen molar-refractivity contribution in [3.63, 3.8) is 0 Å². The first-order chi connectivity index (χ1) is 17.1. The van der Waals surface area contributed by atoms with Crippen molar-refractivity contribution < 1.29 is 23.8 Å². The first-order valence-corrected chi connectivity index (χ1v) is 11.2. The summed E-state index contributed by atoms with van der Waals surface area (Å²) in [4.78, 5) is 26.9. The largest absolute Gasteiger partial charge is 0.493 e. The Hall–Kier alpha value is -4.35. The van der Waals surface area contributed by atoms with Crippen molar-refractivity contribution in [2.24, 2.45) is 0 Å². The predicted octanol–water partition coefficient (Wildman–Crippen LogP) is 3.63. The quantitative estimate of drug-likeness (QED) is 0.417. The Morgan fingerprint density at radius 2 is 1.86 bits per heavy atom. The zero-order valence-electron chi connectivity index (χ0n) is 19.3. The molecule has 1 fully saturated rings. The number of hydrogen-bond donors (Lipinski definition) is 1. The minimum absolute atomic E-state index is 0.0591. The second kappa shape index (κ2) is 11.2. The summed E-state index contributed by atoms with van der Waals surface area (Å²) in [6, 6.07) is 20.2. The maximum atomic E-state index is 12.8. The highest BCUT2D eigenvalue weighted by Gasteiger charge is 2.18. The molecule has 0 spiro atoms. The number of methoxy groups -OCH3 is 1. The minimum Gasteiger partial charge on any atom is -0.493 e. The van der Waals surface area contributed by atoms with Gasteiger partial charge in [-0.1, -0.05) is 42.5 Å². The number of ether oxygens (including phenoxy) is 3. The molecule has 1 N–H and O–H groups in total. The molecule has 0 saturated carbocycles. The maximum Gasteiger partial charge on any atom is 0.266 e. The van der Waals surface area contributed by atoms with E-state index >= 15 is 0 Å². The minimum atomic E-state index is -0.515. The van der Waals surface area contributed by atoms with Crippen LogP contribution in [0.15, 0.2) is 66.2 Å². The lowest BCUT2D eigenvalue weighted by Crippen LogP contribution is -2.43. The van der Waals surface area contributed by atoms with Gasteiger partial charge in [0.2, 0.25) is 0 Å². The molecule has 1 heterocycles. The number of carbonyl (C=O) groups is 2. The monoisotopic (exact) mass is 471 g/mol. The molecule has 8 nitrogen and oxygen atoms in total. The summed E-state index contributed by atoms with van der Waals surface area (Å²) in [5, 5.41) is 14.3. The Labute approximate surface area is 203 Å². The number of nitrogens with one attached hydrogen (secondary N) is 1. The fraction of sp³-hybridized carbons (Fsp3) is 0.222. The molecule has 0 atom stereocenters. The predicted molar refractivity (Wildman–Crippen MR) is 132 cm³/mol. The summed E-state index contributed by atoms with van der Waals surface area (Å²) >= 11 is 0. The van der Waals surface area contributed by atoms with Gasteiger partial charge >= 0.3 is 0 Å². The summed E-state index contributed by atoms with van der Waals surface area (Å²) in [7, 11) is 1.48. The fourth-order valence-electron chi connectivity index (χ4n) is 3.78. The number of fused-ring (bicyclic) bond motifs is 1. The van der Waals surface area contributed by atoms with Crippen molar-refractivity contribution in [3.8, 4) is 17.6 Å². The SMILES string of the molecule is COc1cc(/C=C(\C#N)C(=O)Nc2cccc3ccccc23)ccc1OCC(=O)N1CCOCC1. The molecule has 0 radical (unpaired) electrons. The number of anilines is 1. The number of nitrogens with zero attached hydrogens (tertiary/aromatic N) is 2. The van der Waals surface area contributed by atoms with E-state index in [1.807, 2.05) is 42.5 Å². The van der Waals surface area contributed by atoms with E-state index in [-0.39, 0.29) is 18.1 Å². The first kappa shape index (κ1) is 23.8. The molecule has 8 heteroatoms. The van der Waals surface area contributed by atoms with Gasteiger partial charge in [-0.15, -0.1) is 0 Å². The van der Waals surface area contributed by atoms with Crippen LogP contribution in [-0.4, -0.2) is 56.7 Å². The molecule has 0 bridgehead atoms. The van der Waals surface area contributed by atoms with E-state index in [9.17, 15) is 14.9 Å². The third-order valence-electron chi connectivity index (χ3n) is 5.62. The zero-order valence-corrected chi connectivity index (χ0v) is 19.3. The van der Waals surface area contributed by atoms with E-state index in [1.54, 1.807) is 29.2 Å². The number of carbonyl (C=O) groups excluding carboxylic acids is 2. The van der Waals surface area contributed by atoms with E-state index in [2.05, 4.69) is 5.32 Å². The standard InChI is InChI=1S/C27H25N3O5/c1-33-25-16-19(9-10-24(25)35-18-26(31)30-11-13-34-14-12-30)15-21(17-28)27(32)29-23-8-4-6-20-5-2-3-7-22(20)23/h2-10,15-16H,11-14,18H2,1H3,(H,29,32)/b21-15+. The van der Waals surface area contributed by atoms with Gasteiger partial charge in [-0.2, -0.15) is 5.26 Å². The van der Waals surface area contributed by atoms with Crippen LogP contribution in [0.1, 0.15) is 5.56 Å². The van der Waals surface area contributed by atoms with Crippen molar-refractivity contribution in [2.45, 2.75) is 0 Å². The second-order valence-electron chi connectivity index (χ2n) is 7.84. The Kier molecular flexibility index (Phi) is 7.60. The summed E-state index contributed by atoms with van der Waals surface area (Å²) in [6.07, 6.45) is 1.48. The van der Waals surface area contributed by atoms with Gasteiger partial charge in [0.1, 0.15) is 11.6 Å². The summed E-state index contributed by atoms with van der Waals surface area (Å²) in [5.74, 6) is 0.140. The van der Waals surface area contributed by atoms with Gasteiger partial charge in [0.15, 0.2) is 18.1 Å². The van der Waals surface area contributed by atoms with Crippen LogP contribution in [0.4, 0.5) is 5.69 Å². The highest BCUT2D eigenvalue weighted by molar-refractivity contribution is 6.12. The summed E-state index contributed by atoms with van der Waals surface area (Å²) in [5.41, 5.74) is 1.15. The molecular formula is C27H25N3O5. The molecule has 2 amide bonds. The molecule has 35 heavy (non-hydrogen) atoms. The first-order valence-electron chi connectivity index (χ1n) is 11.2. The van der Waals surface area contributed by atoms with Crippen molar-refractivity contribution in [2.75, 3.05) is 45.3 Å². The van der Waals surface area contributed by atoms with Crippen LogP contribution in [0.5, 0.6) is 11.5 Å². The van der Waals surface area contributed by atoms with E-state index in [0.29, 0.717) is 49.1 Å². The lowest BCUT2D eigenvalue weighted by atomic mass is 10.1. The average molecular weight is 472 g/mol. The smallest absolute Gasteiger partial charge is 0.266 e. The maximum absolute atomic E-state index is 12.8. The number of hydrogen-bond acceptors (Lipinski definition) is 6. The third kappa shape index (κ3) is 5.78. The molecule has 1 saturated heterocycles. The average Bonchev–Trinajstić information content (AvgIpc) is 2.91. The number of benzene rings is 3. The van der Waals surface area contributed by atoms with Crippen molar-refractivity contribution >= 4 is 34.4 Å². The highest BCUT2D eigenvalue weighted by atomic mass is 16.5. The Balaban J connectivity index is 1.47. The Bertz CT molecular complexity index is 1300. The van der Waals surface area contributed by atoms with E-state index in [4.69, 9.17) is 14.2 Å². The Morgan fingerprint density at radius 1 is 1.09 bits per heavy atom. The number of rotatable bonds is 7. The van der Waals surface area contributed by atoms with Crippen LogP contribution in [-0.2, 0) is 14.3 Å². The fourth-order valence-corrected chi connectivity index (χ4v) is 3.78. The lowest BCUT2D eigenvalue weighted by Gasteiger charge is -2.26. The van der Waals surface area contributed by atoms with Crippen LogP contribution < -0.4 is 14.8 Å². The zero-order chi connectivity index (χ0) is 24.6. The molecular weight excluding hydrogens is 446 g/mol. The third-order valence-corrected chi connectivity index (χ3v) is 5.62. The van der Waals surface area contributed by atoms with Crippen molar-refractivity contribution in [1.29, 1.82) is 5.26 Å². The van der Waals surface area contributed by atoms with Gasteiger partial charge in [0, 0.05) is 24.2 Å². The second-order valence-corrected chi connectivity index (χ2v) is 7.84. The molecule has 178 valence electrons.